The van der Waals surface area contributed by atoms with Crippen LogP contribution in [0.5, 0.6) is 0 Å². The van der Waals surface area contributed by atoms with Gasteiger partial charge in [0.05, 0.1) is 21.8 Å². The number of amides is 2. The van der Waals surface area contributed by atoms with Crippen LogP contribution in [0.4, 0.5) is 5.69 Å². The normalized spacial score (nSPS) is 13.2. The second-order valence-corrected chi connectivity index (χ2v) is 7.85. The molecule has 1 aliphatic rings. The van der Waals surface area contributed by atoms with Gasteiger partial charge >= 0.3 is 0 Å². The van der Waals surface area contributed by atoms with Gasteiger partial charge < -0.3 is 8.83 Å². The number of anilines is 1. The number of hydrogen-bond donors (Lipinski definition) is 0. The Balaban J connectivity index is 1.67. The lowest BCUT2D eigenvalue weighted by Gasteiger charge is -2.14. The van der Waals surface area contributed by atoms with Crippen molar-refractivity contribution in [3.8, 4) is 0 Å². The molecule has 5 nitrogen and oxygen atoms in total. The summed E-state index contributed by atoms with van der Waals surface area (Å²) in [5, 5.41) is 2.06. The van der Waals surface area contributed by atoms with Crippen LogP contribution in [0.2, 0.25) is 5.02 Å². The number of nitrogens with zero attached hydrogens (tertiary/aromatic N) is 1. The van der Waals surface area contributed by atoms with Crippen LogP contribution < -0.4 is 4.90 Å². The minimum Gasteiger partial charge on any atom is -0.453 e. The number of hydrogen-bond acceptors (Lipinski definition) is 4. The van der Waals surface area contributed by atoms with E-state index in [2.05, 4.69) is 0 Å². The highest BCUT2D eigenvalue weighted by Crippen LogP contribution is 2.36. The number of imide groups is 1. The van der Waals surface area contributed by atoms with Crippen LogP contribution >= 0.6 is 11.6 Å². The van der Waals surface area contributed by atoms with Crippen molar-refractivity contribution in [1.29, 1.82) is 0 Å². The molecule has 1 aromatic heterocycles. The lowest BCUT2D eigenvalue weighted by molar-refractivity contribution is 0.0926. The van der Waals surface area contributed by atoms with Gasteiger partial charge in [-0.3, -0.25) is 9.59 Å². The third kappa shape index (κ3) is 2.72. The lowest BCUT2D eigenvalue weighted by Crippen LogP contribution is -2.29. The zero-order valence-corrected chi connectivity index (χ0v) is 17.3. The Morgan fingerprint density at radius 3 is 1.59 bits per heavy atom. The Hall–Kier alpha value is -4.09. The monoisotopic (exact) mass is 439 g/mol. The first-order valence-corrected chi connectivity index (χ1v) is 10.3. The molecule has 0 atom stereocenters. The summed E-state index contributed by atoms with van der Waals surface area (Å²) in [6.45, 7) is 0. The van der Waals surface area contributed by atoms with Gasteiger partial charge in [-0.1, -0.05) is 60.1 Å². The average molecular weight is 440 g/mol. The molecule has 0 saturated carbocycles. The Bertz CT molecular complexity index is 1540. The van der Waals surface area contributed by atoms with Gasteiger partial charge in [-0.05, 0) is 36.4 Å². The summed E-state index contributed by atoms with van der Waals surface area (Å²) in [5.41, 5.74) is 2.78. The molecule has 0 bridgehead atoms. The molecule has 2 amide bonds. The van der Waals surface area contributed by atoms with Gasteiger partial charge in [0.15, 0.2) is 11.2 Å². The standard InChI is InChI=1S/C26H14ClNO4/c27-19-9-3-4-10-20(19)28-25(29)17-13-23-24(14-18(17)26(28)30)32-22-12-6-2-8-16(22)15-7-1-5-11-21(15)31-23/h1-14H. The van der Waals surface area contributed by atoms with E-state index in [4.69, 9.17) is 20.4 Å². The number of rotatable bonds is 1. The van der Waals surface area contributed by atoms with Crippen molar-refractivity contribution in [3.05, 3.63) is 101 Å². The van der Waals surface area contributed by atoms with E-state index in [9.17, 15) is 9.59 Å². The van der Waals surface area contributed by atoms with Gasteiger partial charge in [-0.2, -0.15) is 0 Å². The number of carbonyl (C=O) groups excluding carboxylic acids is 2. The van der Waals surface area contributed by atoms with E-state index >= 15 is 0 Å². The van der Waals surface area contributed by atoms with Crippen LogP contribution in [0, 0.1) is 0 Å². The molecule has 0 fully saturated rings. The van der Waals surface area contributed by atoms with E-state index in [-0.39, 0.29) is 11.1 Å². The molecule has 1 aliphatic heterocycles. The molecule has 0 radical (unpaired) electrons. The minimum atomic E-state index is -0.458. The fraction of sp³-hybridized carbons (Fsp3) is 0. The molecule has 4 aromatic carbocycles. The van der Waals surface area contributed by atoms with Crippen molar-refractivity contribution in [1.82, 2.24) is 0 Å². The van der Waals surface area contributed by atoms with E-state index in [0.717, 1.165) is 15.7 Å². The predicted octanol–water partition coefficient (Wildman–Crippen LogP) is 6.91. The van der Waals surface area contributed by atoms with Gasteiger partial charge in [-0.25, -0.2) is 4.90 Å². The summed E-state index contributed by atoms with van der Waals surface area (Å²) >= 11 is 6.26. The molecule has 2 heterocycles. The first-order chi connectivity index (χ1) is 15.6. The Kier molecular flexibility index (Phi) is 4.06. The Morgan fingerprint density at radius 1 is 0.594 bits per heavy atom. The minimum absolute atomic E-state index is 0.239. The number of halogens is 1. The third-order valence-corrected chi connectivity index (χ3v) is 5.87. The van der Waals surface area contributed by atoms with Crippen molar-refractivity contribution in [2.45, 2.75) is 0 Å². The lowest BCUT2D eigenvalue weighted by atomic mass is 10.1. The molecule has 0 N–H and O–H groups in total. The molecule has 0 unspecified atom stereocenters. The molecule has 0 aliphatic carbocycles. The first kappa shape index (κ1) is 18.7. The molecule has 5 aromatic rings. The van der Waals surface area contributed by atoms with E-state index in [0.29, 0.717) is 33.0 Å². The SMILES string of the molecule is O=C1c2cc3oc4ccccc4c4ccccc4oc3cc2C(=O)N1c1ccccc1Cl. The van der Waals surface area contributed by atoms with Crippen molar-refractivity contribution < 1.29 is 18.4 Å². The summed E-state index contributed by atoms with van der Waals surface area (Å²) in [5.74, 6) is -0.916. The van der Waals surface area contributed by atoms with Gasteiger partial charge in [0.1, 0.15) is 11.2 Å². The fourth-order valence-electron chi connectivity index (χ4n) is 4.05. The van der Waals surface area contributed by atoms with Crippen LogP contribution in [0.25, 0.3) is 33.1 Å². The number of fused-ring (bicyclic) bond motifs is 5. The zero-order chi connectivity index (χ0) is 21.8. The summed E-state index contributed by atoms with van der Waals surface area (Å²) in [4.78, 5) is 27.5. The highest BCUT2D eigenvalue weighted by atomic mass is 35.5. The molecular weight excluding hydrogens is 426 g/mol. The molecular formula is C26H14ClNO4. The summed E-state index contributed by atoms with van der Waals surface area (Å²) in [6, 6.07) is 25.1. The largest absolute Gasteiger partial charge is 0.453 e. The summed E-state index contributed by atoms with van der Waals surface area (Å²) in [6.07, 6.45) is 0. The molecule has 154 valence electrons. The summed E-state index contributed by atoms with van der Waals surface area (Å²) in [7, 11) is 0. The van der Waals surface area contributed by atoms with E-state index in [1.54, 1.807) is 36.4 Å². The summed E-state index contributed by atoms with van der Waals surface area (Å²) < 4.78 is 12.4. The van der Waals surface area contributed by atoms with E-state index in [1.165, 1.54) is 0 Å². The quantitative estimate of drug-likeness (QED) is 0.266. The van der Waals surface area contributed by atoms with Crippen LogP contribution in [-0.2, 0) is 0 Å². The molecule has 6 rings (SSSR count). The zero-order valence-electron chi connectivity index (χ0n) is 16.5. The topological polar surface area (TPSA) is 63.7 Å². The van der Waals surface area contributed by atoms with Crippen molar-refractivity contribution in [2.75, 3.05) is 4.90 Å². The highest BCUT2D eigenvalue weighted by Gasteiger charge is 2.38. The fourth-order valence-corrected chi connectivity index (χ4v) is 4.27. The van der Waals surface area contributed by atoms with Gasteiger partial charge in [-0.15, -0.1) is 0 Å². The van der Waals surface area contributed by atoms with Gasteiger partial charge in [0.25, 0.3) is 11.8 Å². The van der Waals surface area contributed by atoms with Crippen molar-refractivity contribution in [3.63, 3.8) is 0 Å². The van der Waals surface area contributed by atoms with Crippen LogP contribution in [0.3, 0.4) is 0 Å². The number of benzene rings is 4. The molecule has 32 heavy (non-hydrogen) atoms. The number of carbonyl (C=O) groups is 2. The van der Waals surface area contributed by atoms with Crippen molar-refractivity contribution >= 4 is 62.2 Å². The average Bonchev–Trinajstić information content (AvgIpc) is 3.03. The second-order valence-electron chi connectivity index (χ2n) is 7.44. The smallest absolute Gasteiger partial charge is 0.266 e. The Morgan fingerprint density at radius 2 is 1.06 bits per heavy atom. The molecule has 0 saturated heterocycles. The van der Waals surface area contributed by atoms with E-state index < -0.39 is 11.8 Å². The number of para-hydroxylation sites is 3. The van der Waals surface area contributed by atoms with Crippen LogP contribution in [0.1, 0.15) is 20.7 Å². The molecule has 0 spiro atoms. The molecule has 6 heteroatoms. The van der Waals surface area contributed by atoms with Gasteiger partial charge in [0, 0.05) is 10.8 Å². The Labute approximate surface area is 186 Å². The van der Waals surface area contributed by atoms with E-state index in [1.807, 2.05) is 48.5 Å². The highest BCUT2D eigenvalue weighted by molar-refractivity contribution is 6.40. The van der Waals surface area contributed by atoms with Crippen LogP contribution in [0.15, 0.2) is 93.8 Å². The van der Waals surface area contributed by atoms with Gasteiger partial charge in [0.2, 0.25) is 0 Å². The third-order valence-electron chi connectivity index (χ3n) is 5.55. The maximum Gasteiger partial charge on any atom is 0.266 e. The first-order valence-electron chi connectivity index (χ1n) is 9.97. The predicted molar refractivity (Wildman–Crippen MR) is 124 cm³/mol. The van der Waals surface area contributed by atoms with Crippen molar-refractivity contribution in [2.24, 2.45) is 0 Å². The second kappa shape index (κ2) is 6.97. The maximum atomic E-state index is 13.2. The maximum absolute atomic E-state index is 13.2. The van der Waals surface area contributed by atoms with Crippen LogP contribution in [-0.4, -0.2) is 11.8 Å².